The number of nitrogens with one attached hydrogen (secondary N) is 1. The van der Waals surface area contributed by atoms with Gasteiger partial charge in [-0.2, -0.15) is 0 Å². The van der Waals surface area contributed by atoms with E-state index in [-0.39, 0.29) is 0 Å². The summed E-state index contributed by atoms with van der Waals surface area (Å²) >= 11 is 1.89. The smallest absolute Gasteiger partial charge is 0.0646 e. The predicted molar refractivity (Wildman–Crippen MR) is 194 cm³/mol. The lowest BCUT2D eigenvalue weighted by atomic mass is 9.98. The molecule has 0 saturated heterocycles. The number of aromatic nitrogens is 2. The Balaban J connectivity index is 1.29. The fourth-order valence-corrected chi connectivity index (χ4v) is 8.45. The third kappa shape index (κ3) is 3.68. The molecule has 0 fully saturated rings. The minimum atomic E-state index is 1.17. The van der Waals surface area contributed by atoms with Gasteiger partial charge in [0.05, 0.1) is 21.3 Å². The van der Waals surface area contributed by atoms with Crippen molar-refractivity contribution in [2.75, 3.05) is 0 Å². The monoisotopic (exact) mass is 590 g/mol. The number of nitrogens with zero attached hydrogens (tertiary/aromatic N) is 1. The Morgan fingerprint density at radius 3 is 1.82 bits per heavy atom. The van der Waals surface area contributed by atoms with E-state index in [1.165, 1.54) is 91.7 Å². The van der Waals surface area contributed by atoms with E-state index < -0.39 is 0 Å². The molecule has 0 aliphatic rings. The first-order valence-corrected chi connectivity index (χ1v) is 16.2. The molecule has 0 bridgehead atoms. The zero-order valence-corrected chi connectivity index (χ0v) is 25.1. The van der Waals surface area contributed by atoms with Crippen LogP contribution in [0.2, 0.25) is 0 Å². The number of para-hydroxylation sites is 2. The van der Waals surface area contributed by atoms with Gasteiger partial charge in [0.2, 0.25) is 0 Å². The van der Waals surface area contributed by atoms with Gasteiger partial charge in [-0.25, -0.2) is 0 Å². The highest BCUT2D eigenvalue weighted by Crippen LogP contribution is 2.44. The van der Waals surface area contributed by atoms with E-state index in [1.807, 2.05) is 11.3 Å². The summed E-state index contributed by atoms with van der Waals surface area (Å²) in [5.74, 6) is 0. The number of aromatic amines is 1. The Hall–Kier alpha value is -5.64. The summed E-state index contributed by atoms with van der Waals surface area (Å²) in [6, 6.07) is 55.3. The lowest BCUT2D eigenvalue weighted by Crippen LogP contribution is -1.96. The van der Waals surface area contributed by atoms with Crippen molar-refractivity contribution >= 4 is 75.1 Å². The molecule has 45 heavy (non-hydrogen) atoms. The first-order chi connectivity index (χ1) is 22.3. The summed E-state index contributed by atoms with van der Waals surface area (Å²) in [6.45, 7) is 0. The maximum absolute atomic E-state index is 3.73. The van der Waals surface area contributed by atoms with Gasteiger partial charge >= 0.3 is 0 Å². The van der Waals surface area contributed by atoms with Crippen molar-refractivity contribution in [1.29, 1.82) is 0 Å². The number of benzene rings is 7. The predicted octanol–water partition coefficient (Wildman–Crippen LogP) is 12.1. The van der Waals surface area contributed by atoms with E-state index in [2.05, 4.69) is 161 Å². The third-order valence-corrected chi connectivity index (χ3v) is 10.5. The Morgan fingerprint density at radius 2 is 1.07 bits per heavy atom. The van der Waals surface area contributed by atoms with Crippen LogP contribution >= 0.6 is 11.3 Å². The quantitative estimate of drug-likeness (QED) is 0.211. The molecular weight excluding hydrogens is 565 g/mol. The van der Waals surface area contributed by atoms with Crippen LogP contribution in [0.3, 0.4) is 0 Å². The van der Waals surface area contributed by atoms with Crippen molar-refractivity contribution in [3.05, 3.63) is 152 Å². The van der Waals surface area contributed by atoms with Crippen LogP contribution in [0.4, 0.5) is 0 Å². The first kappa shape index (κ1) is 24.8. The lowest BCUT2D eigenvalue weighted by Gasteiger charge is -2.14. The fraction of sp³-hybridized carbons (Fsp3) is 0. The van der Waals surface area contributed by atoms with Crippen LogP contribution < -0.4 is 0 Å². The highest BCUT2D eigenvalue weighted by Gasteiger charge is 2.18. The summed E-state index contributed by atoms with van der Waals surface area (Å²) < 4.78 is 5.08. The van der Waals surface area contributed by atoms with Crippen LogP contribution in [0.5, 0.6) is 0 Å². The summed E-state index contributed by atoms with van der Waals surface area (Å²) in [6.07, 6.45) is 0. The van der Waals surface area contributed by atoms with Gasteiger partial charge in [-0.15, -0.1) is 11.3 Å². The molecule has 3 heteroatoms. The second-order valence-electron chi connectivity index (χ2n) is 11.9. The number of thiophene rings is 1. The Morgan fingerprint density at radius 1 is 0.422 bits per heavy atom. The molecule has 0 aliphatic heterocycles. The number of H-pyrrole nitrogens is 1. The molecule has 2 nitrogen and oxygen atoms in total. The fourth-order valence-electron chi connectivity index (χ4n) is 7.22. The molecule has 3 aromatic heterocycles. The molecule has 10 rings (SSSR count). The normalized spacial score (nSPS) is 12.0. The van der Waals surface area contributed by atoms with E-state index in [0.29, 0.717) is 0 Å². The molecule has 0 radical (unpaired) electrons. The Labute approximate surface area is 263 Å². The zero-order chi connectivity index (χ0) is 29.5. The average molecular weight is 591 g/mol. The van der Waals surface area contributed by atoms with Gasteiger partial charge in [0.1, 0.15) is 0 Å². The van der Waals surface area contributed by atoms with Crippen LogP contribution in [0.25, 0.3) is 91.7 Å². The Kier molecular flexibility index (Phi) is 5.19. The van der Waals surface area contributed by atoms with Crippen molar-refractivity contribution < 1.29 is 0 Å². The van der Waals surface area contributed by atoms with Gasteiger partial charge in [-0.05, 0) is 64.7 Å². The highest BCUT2D eigenvalue weighted by molar-refractivity contribution is 7.26. The summed E-state index contributed by atoms with van der Waals surface area (Å²) in [5, 5.41) is 7.74. The van der Waals surface area contributed by atoms with Gasteiger partial charge in [-0.1, -0.05) is 109 Å². The van der Waals surface area contributed by atoms with Crippen LogP contribution in [0, 0.1) is 0 Å². The Bertz CT molecular complexity index is 2690. The largest absolute Gasteiger partial charge is 0.353 e. The molecule has 0 spiro atoms. The molecule has 0 amide bonds. The zero-order valence-electron chi connectivity index (χ0n) is 24.3. The second-order valence-corrected chi connectivity index (χ2v) is 12.9. The molecule has 7 aromatic carbocycles. The minimum Gasteiger partial charge on any atom is -0.353 e. The number of fused-ring (bicyclic) bond motifs is 10. The van der Waals surface area contributed by atoms with Crippen LogP contribution in [-0.2, 0) is 0 Å². The first-order valence-electron chi connectivity index (χ1n) is 15.4. The van der Waals surface area contributed by atoms with Gasteiger partial charge < -0.3 is 9.55 Å². The molecular formula is C42H26N2S. The number of hydrogen-bond donors (Lipinski definition) is 1. The maximum atomic E-state index is 3.73. The summed E-state index contributed by atoms with van der Waals surface area (Å²) in [5.41, 5.74) is 10.9. The van der Waals surface area contributed by atoms with Crippen LogP contribution in [0.15, 0.2) is 152 Å². The topological polar surface area (TPSA) is 20.7 Å². The summed E-state index contributed by atoms with van der Waals surface area (Å²) in [4.78, 5) is 3.73. The molecule has 0 saturated carbocycles. The minimum absolute atomic E-state index is 1.17. The molecule has 210 valence electrons. The summed E-state index contributed by atoms with van der Waals surface area (Å²) in [7, 11) is 0. The molecule has 1 N–H and O–H groups in total. The van der Waals surface area contributed by atoms with E-state index in [0.717, 1.165) is 0 Å². The van der Waals surface area contributed by atoms with E-state index >= 15 is 0 Å². The van der Waals surface area contributed by atoms with E-state index in [9.17, 15) is 0 Å². The molecule has 0 atom stereocenters. The van der Waals surface area contributed by atoms with Crippen molar-refractivity contribution in [3.63, 3.8) is 0 Å². The average Bonchev–Trinajstić information content (AvgIpc) is 3.77. The SMILES string of the molecule is c1ccc(-c2cc(-c3ccccc3)cc(-n3c4ccccc4c4cc5c(cc43)sc3c5ccc4c5ccccc5[nH]c43)c2)cc1. The highest BCUT2D eigenvalue weighted by atomic mass is 32.1. The molecule has 3 heterocycles. The van der Waals surface area contributed by atoms with E-state index in [4.69, 9.17) is 0 Å². The number of rotatable bonds is 3. The van der Waals surface area contributed by atoms with Crippen molar-refractivity contribution in [3.8, 4) is 27.9 Å². The number of hydrogen-bond acceptors (Lipinski definition) is 1. The van der Waals surface area contributed by atoms with Gasteiger partial charge in [0.25, 0.3) is 0 Å². The second kappa shape index (κ2) is 9.43. The molecule has 0 unspecified atom stereocenters. The third-order valence-electron chi connectivity index (χ3n) is 9.30. The molecule has 0 aliphatic carbocycles. The maximum Gasteiger partial charge on any atom is 0.0646 e. The van der Waals surface area contributed by atoms with Crippen LogP contribution in [0.1, 0.15) is 0 Å². The van der Waals surface area contributed by atoms with Crippen molar-refractivity contribution in [2.45, 2.75) is 0 Å². The van der Waals surface area contributed by atoms with Crippen molar-refractivity contribution in [1.82, 2.24) is 9.55 Å². The van der Waals surface area contributed by atoms with Crippen LogP contribution in [-0.4, -0.2) is 9.55 Å². The van der Waals surface area contributed by atoms with Gasteiger partial charge in [0, 0.05) is 48.2 Å². The van der Waals surface area contributed by atoms with Gasteiger partial charge in [0.15, 0.2) is 0 Å². The lowest BCUT2D eigenvalue weighted by molar-refractivity contribution is 1.18. The van der Waals surface area contributed by atoms with Gasteiger partial charge in [-0.3, -0.25) is 0 Å². The van der Waals surface area contributed by atoms with Crippen molar-refractivity contribution in [2.24, 2.45) is 0 Å². The van der Waals surface area contributed by atoms with E-state index in [1.54, 1.807) is 0 Å². The molecule has 10 aromatic rings. The standard InChI is InChI=1S/C42H26N2S/c1-3-11-26(12-4-1)28-21-29(27-13-5-2-6-14-27)23-30(22-28)44-38-18-10-8-16-32(38)35-24-36-34-20-19-33-31-15-7-9-17-37(31)43-41(33)42(34)45-40(36)25-39(35)44/h1-25,43H.